The highest BCUT2D eigenvalue weighted by atomic mass is 15.5. The van der Waals surface area contributed by atoms with E-state index in [4.69, 9.17) is 0 Å². The predicted octanol–water partition coefficient (Wildman–Crippen LogP) is 3.28. The van der Waals surface area contributed by atoms with Gasteiger partial charge in [0, 0.05) is 6.42 Å². The van der Waals surface area contributed by atoms with Gasteiger partial charge in [0.15, 0.2) is 5.82 Å². The van der Waals surface area contributed by atoms with Crippen molar-refractivity contribution in [1.29, 1.82) is 0 Å². The van der Waals surface area contributed by atoms with E-state index in [2.05, 4.69) is 34.0 Å². The van der Waals surface area contributed by atoms with Crippen LogP contribution in [0.1, 0.15) is 70.5 Å². The van der Waals surface area contributed by atoms with Crippen molar-refractivity contribution < 1.29 is 0 Å². The van der Waals surface area contributed by atoms with Gasteiger partial charge in [-0.25, -0.2) is 5.10 Å². The van der Waals surface area contributed by atoms with Gasteiger partial charge < -0.3 is 0 Å². The quantitative estimate of drug-likeness (QED) is 0.619. The van der Waals surface area contributed by atoms with Crippen molar-refractivity contribution in [2.24, 2.45) is 0 Å². The van der Waals surface area contributed by atoms with Gasteiger partial charge in [-0.15, -0.1) is 5.10 Å². The molecule has 1 N–H and O–H groups in total. The van der Waals surface area contributed by atoms with Crippen molar-refractivity contribution in [2.75, 3.05) is 0 Å². The average Bonchev–Trinajstić information content (AvgIpc) is 2.80. The molecule has 91 valence electrons. The zero-order valence-corrected chi connectivity index (χ0v) is 10.3. The molecule has 1 aromatic heterocycles. The number of H-pyrrole nitrogens is 1. The summed E-state index contributed by atoms with van der Waals surface area (Å²) in [4.78, 5) is 0. The van der Waals surface area contributed by atoms with Gasteiger partial charge in [-0.1, -0.05) is 58.3 Å². The Morgan fingerprint density at radius 1 is 1.00 bits per heavy atom. The number of nitrogens with one attached hydrogen (secondary N) is 1. The summed E-state index contributed by atoms with van der Waals surface area (Å²) >= 11 is 0. The SMILES string of the molecule is CCCCCCCCCC[CH]c1nnn[nH]1. The van der Waals surface area contributed by atoms with Gasteiger partial charge in [-0.05, 0) is 16.8 Å². The van der Waals surface area contributed by atoms with Crippen LogP contribution in [0.15, 0.2) is 0 Å². The fourth-order valence-corrected chi connectivity index (χ4v) is 1.77. The van der Waals surface area contributed by atoms with Crippen LogP contribution in [-0.4, -0.2) is 20.6 Å². The lowest BCUT2D eigenvalue weighted by Gasteiger charge is -2.00. The number of aromatic amines is 1. The van der Waals surface area contributed by atoms with Gasteiger partial charge in [-0.2, -0.15) is 0 Å². The Balaban J connectivity index is 1.78. The maximum Gasteiger partial charge on any atom is 0.152 e. The predicted molar refractivity (Wildman–Crippen MR) is 64.8 cm³/mol. The molecule has 16 heavy (non-hydrogen) atoms. The molecule has 0 aliphatic carbocycles. The van der Waals surface area contributed by atoms with Crippen LogP contribution in [0.4, 0.5) is 0 Å². The van der Waals surface area contributed by atoms with Crippen molar-refractivity contribution in [1.82, 2.24) is 20.6 Å². The Kier molecular flexibility index (Phi) is 7.64. The van der Waals surface area contributed by atoms with Crippen LogP contribution in [0.5, 0.6) is 0 Å². The van der Waals surface area contributed by atoms with Crippen LogP contribution in [0.3, 0.4) is 0 Å². The van der Waals surface area contributed by atoms with Crippen molar-refractivity contribution in [3.05, 3.63) is 12.2 Å². The van der Waals surface area contributed by atoms with E-state index in [9.17, 15) is 0 Å². The lowest BCUT2D eigenvalue weighted by molar-refractivity contribution is 0.574. The Labute approximate surface area is 98.2 Å². The van der Waals surface area contributed by atoms with Crippen molar-refractivity contribution >= 4 is 0 Å². The molecule has 0 aliphatic heterocycles. The lowest BCUT2D eigenvalue weighted by atomic mass is 10.1. The first-order valence-electron chi connectivity index (χ1n) is 6.50. The molecule has 1 radical (unpaired) electrons. The number of nitrogens with zero attached hydrogens (tertiary/aromatic N) is 3. The van der Waals surface area contributed by atoms with E-state index in [1.807, 2.05) is 0 Å². The van der Waals surface area contributed by atoms with E-state index in [1.165, 1.54) is 51.4 Å². The molecule has 0 fully saturated rings. The van der Waals surface area contributed by atoms with Crippen LogP contribution in [0.2, 0.25) is 0 Å². The van der Waals surface area contributed by atoms with Gasteiger partial charge in [0.05, 0.1) is 0 Å². The third kappa shape index (κ3) is 6.53. The van der Waals surface area contributed by atoms with Crippen molar-refractivity contribution in [3.63, 3.8) is 0 Å². The minimum Gasteiger partial charge on any atom is -0.243 e. The van der Waals surface area contributed by atoms with E-state index in [0.29, 0.717) is 0 Å². The molecule has 4 nitrogen and oxygen atoms in total. The standard InChI is InChI=1S/C12H23N4/c1-2-3-4-5-6-7-8-9-10-11-12-13-15-16-14-12/h11H,2-10H2,1H3,(H,13,14,15,16). The fraction of sp³-hybridized carbons (Fsp3) is 0.833. The highest BCUT2D eigenvalue weighted by molar-refractivity contribution is 4.93. The maximum atomic E-state index is 3.81. The van der Waals surface area contributed by atoms with Gasteiger partial charge in [0.2, 0.25) is 0 Å². The third-order valence-electron chi connectivity index (χ3n) is 2.76. The van der Waals surface area contributed by atoms with E-state index in [1.54, 1.807) is 0 Å². The highest BCUT2D eigenvalue weighted by Gasteiger charge is 1.97. The average molecular weight is 223 g/mol. The summed E-state index contributed by atoms with van der Waals surface area (Å²) in [6.07, 6.45) is 14.0. The summed E-state index contributed by atoms with van der Waals surface area (Å²) in [5.41, 5.74) is 0. The van der Waals surface area contributed by atoms with Crippen LogP contribution in [0.25, 0.3) is 0 Å². The second-order valence-electron chi connectivity index (χ2n) is 4.25. The molecule has 1 aromatic rings. The molecule has 0 aliphatic rings. The molecular weight excluding hydrogens is 200 g/mol. The number of rotatable bonds is 10. The largest absolute Gasteiger partial charge is 0.243 e. The first-order valence-corrected chi connectivity index (χ1v) is 6.50. The lowest BCUT2D eigenvalue weighted by Crippen LogP contribution is -1.86. The smallest absolute Gasteiger partial charge is 0.152 e. The van der Waals surface area contributed by atoms with Gasteiger partial charge in [0.1, 0.15) is 0 Å². The van der Waals surface area contributed by atoms with Crippen LogP contribution >= 0.6 is 0 Å². The van der Waals surface area contributed by atoms with E-state index in [0.717, 1.165) is 12.2 Å². The molecule has 0 unspecified atom stereocenters. The third-order valence-corrected chi connectivity index (χ3v) is 2.76. The summed E-state index contributed by atoms with van der Waals surface area (Å²) in [6.45, 7) is 2.26. The van der Waals surface area contributed by atoms with Crippen molar-refractivity contribution in [3.8, 4) is 0 Å². The molecule has 0 saturated heterocycles. The zero-order chi connectivity index (χ0) is 11.5. The maximum absolute atomic E-state index is 3.81. The molecule has 0 saturated carbocycles. The summed E-state index contributed by atoms with van der Waals surface area (Å²) in [5, 5.41) is 13.6. The number of unbranched alkanes of at least 4 members (excludes halogenated alkanes) is 8. The van der Waals surface area contributed by atoms with Gasteiger partial charge in [-0.3, -0.25) is 0 Å². The van der Waals surface area contributed by atoms with E-state index < -0.39 is 0 Å². The van der Waals surface area contributed by atoms with E-state index >= 15 is 0 Å². The summed E-state index contributed by atoms with van der Waals surface area (Å²) in [7, 11) is 0. The minimum atomic E-state index is 0.794. The number of aromatic nitrogens is 4. The Bertz CT molecular complexity index is 233. The Morgan fingerprint density at radius 2 is 1.69 bits per heavy atom. The molecule has 0 atom stereocenters. The Hall–Kier alpha value is -0.930. The first-order chi connectivity index (χ1) is 7.93. The summed E-state index contributed by atoms with van der Waals surface area (Å²) < 4.78 is 0. The summed E-state index contributed by atoms with van der Waals surface area (Å²) in [5.74, 6) is 0.794. The minimum absolute atomic E-state index is 0.794. The number of hydrogen-bond donors (Lipinski definition) is 1. The molecule has 4 heteroatoms. The molecule has 0 bridgehead atoms. The zero-order valence-electron chi connectivity index (χ0n) is 10.3. The van der Waals surface area contributed by atoms with E-state index in [-0.39, 0.29) is 0 Å². The monoisotopic (exact) mass is 223 g/mol. The van der Waals surface area contributed by atoms with Crippen LogP contribution in [0, 0.1) is 6.42 Å². The molecule has 0 spiro atoms. The number of hydrogen-bond acceptors (Lipinski definition) is 3. The molecule has 0 aromatic carbocycles. The fourth-order valence-electron chi connectivity index (χ4n) is 1.77. The van der Waals surface area contributed by atoms with Gasteiger partial charge >= 0.3 is 0 Å². The normalized spacial score (nSPS) is 10.8. The van der Waals surface area contributed by atoms with Crippen LogP contribution < -0.4 is 0 Å². The summed E-state index contributed by atoms with van der Waals surface area (Å²) in [6, 6.07) is 0. The second-order valence-corrected chi connectivity index (χ2v) is 4.25. The molecule has 1 heterocycles. The topological polar surface area (TPSA) is 54.5 Å². The van der Waals surface area contributed by atoms with Crippen molar-refractivity contribution in [2.45, 2.75) is 64.7 Å². The first kappa shape index (κ1) is 13.1. The molecule has 0 amide bonds. The highest BCUT2D eigenvalue weighted by Crippen LogP contribution is 2.10. The Morgan fingerprint density at radius 3 is 2.31 bits per heavy atom. The number of tetrazole rings is 1. The molecular formula is C12H23N4. The van der Waals surface area contributed by atoms with Crippen LogP contribution in [-0.2, 0) is 0 Å². The second kappa shape index (κ2) is 9.31. The molecule has 1 rings (SSSR count). The van der Waals surface area contributed by atoms with Gasteiger partial charge in [0.25, 0.3) is 0 Å².